The van der Waals surface area contributed by atoms with E-state index in [-0.39, 0.29) is 62.4 Å². The number of hydrogen-bond donors (Lipinski definition) is 3. The summed E-state index contributed by atoms with van der Waals surface area (Å²) in [5, 5.41) is 6.33. The molecule has 1 saturated heterocycles. The van der Waals surface area contributed by atoms with E-state index in [4.69, 9.17) is 16.3 Å². The molecular formula is C43H44ClN5O7. The van der Waals surface area contributed by atoms with E-state index in [0.717, 1.165) is 5.56 Å². The van der Waals surface area contributed by atoms with Crippen molar-refractivity contribution in [2.24, 2.45) is 0 Å². The number of esters is 1. The van der Waals surface area contributed by atoms with Crippen molar-refractivity contribution >= 4 is 58.0 Å². The van der Waals surface area contributed by atoms with Crippen molar-refractivity contribution in [1.29, 1.82) is 0 Å². The van der Waals surface area contributed by atoms with Gasteiger partial charge in [-0.15, -0.1) is 0 Å². The Morgan fingerprint density at radius 1 is 1.05 bits per heavy atom. The molecule has 56 heavy (non-hydrogen) atoms. The average molecular weight is 778 g/mol. The van der Waals surface area contributed by atoms with Gasteiger partial charge in [-0.1, -0.05) is 65.9 Å². The van der Waals surface area contributed by atoms with Crippen molar-refractivity contribution in [2.45, 2.75) is 90.5 Å². The third-order valence-corrected chi connectivity index (χ3v) is 9.86. The number of aromatic nitrogens is 1. The summed E-state index contributed by atoms with van der Waals surface area (Å²) in [6.07, 6.45) is 1.15. The minimum Gasteiger partial charge on any atom is -0.461 e. The van der Waals surface area contributed by atoms with Crippen molar-refractivity contribution in [3.05, 3.63) is 105 Å². The third-order valence-electron chi connectivity index (χ3n) is 9.63. The predicted molar refractivity (Wildman–Crippen MR) is 210 cm³/mol. The van der Waals surface area contributed by atoms with E-state index in [1.54, 1.807) is 37.3 Å². The van der Waals surface area contributed by atoms with Crippen LogP contribution in [-0.4, -0.2) is 68.5 Å². The Hall–Kier alpha value is -5.93. The van der Waals surface area contributed by atoms with Gasteiger partial charge in [0, 0.05) is 70.5 Å². The average Bonchev–Trinajstić information content (AvgIpc) is 3.68. The van der Waals surface area contributed by atoms with E-state index < -0.39 is 35.4 Å². The Morgan fingerprint density at radius 2 is 1.82 bits per heavy atom. The fourth-order valence-corrected chi connectivity index (χ4v) is 7.31. The zero-order valence-corrected chi connectivity index (χ0v) is 32.5. The summed E-state index contributed by atoms with van der Waals surface area (Å²) in [7, 11) is 0. The monoisotopic (exact) mass is 777 g/mol. The van der Waals surface area contributed by atoms with Crippen LogP contribution in [0, 0.1) is 11.8 Å². The van der Waals surface area contributed by atoms with Crippen LogP contribution < -0.4 is 10.6 Å². The Morgan fingerprint density at radius 3 is 2.54 bits per heavy atom. The Balaban J connectivity index is 1.28. The maximum absolute atomic E-state index is 14.5. The first-order valence-corrected chi connectivity index (χ1v) is 19.0. The zero-order valence-electron chi connectivity index (χ0n) is 31.8. The van der Waals surface area contributed by atoms with Crippen molar-refractivity contribution in [2.75, 3.05) is 6.61 Å². The Labute approximate surface area is 330 Å². The highest BCUT2D eigenvalue weighted by atomic mass is 35.5. The van der Waals surface area contributed by atoms with Crippen LogP contribution in [0.15, 0.2) is 66.7 Å². The second-order valence-electron chi connectivity index (χ2n) is 14.9. The van der Waals surface area contributed by atoms with Crippen molar-refractivity contribution in [3.63, 3.8) is 0 Å². The molecule has 2 aliphatic rings. The van der Waals surface area contributed by atoms with Crippen LogP contribution in [0.2, 0.25) is 5.02 Å². The topological polar surface area (TPSA) is 158 Å². The van der Waals surface area contributed by atoms with Crippen LogP contribution in [0.25, 0.3) is 10.9 Å². The number of aromatic amines is 1. The molecule has 6 rings (SSSR count). The Kier molecular flexibility index (Phi) is 12.0. The smallest absolute Gasteiger partial charge is 0.355 e. The van der Waals surface area contributed by atoms with Gasteiger partial charge >= 0.3 is 5.97 Å². The summed E-state index contributed by atoms with van der Waals surface area (Å²) >= 11 is 6.34. The lowest BCUT2D eigenvalue weighted by atomic mass is 9.97. The van der Waals surface area contributed by atoms with Crippen molar-refractivity contribution in [1.82, 2.24) is 25.4 Å². The van der Waals surface area contributed by atoms with Gasteiger partial charge in [-0.2, -0.15) is 0 Å². The zero-order chi connectivity index (χ0) is 40.1. The Bertz CT molecular complexity index is 2270. The molecule has 3 aromatic carbocycles. The molecule has 1 aromatic heterocycles. The molecule has 290 valence electrons. The second kappa shape index (κ2) is 16.8. The molecule has 0 aliphatic carbocycles. The molecule has 0 saturated carbocycles. The highest BCUT2D eigenvalue weighted by molar-refractivity contribution is 6.31. The molecule has 2 aliphatic heterocycles. The van der Waals surface area contributed by atoms with Crippen molar-refractivity contribution < 1.29 is 33.5 Å². The maximum Gasteiger partial charge on any atom is 0.355 e. The number of H-pyrrole nitrogens is 1. The first kappa shape index (κ1) is 39.8. The number of benzene rings is 3. The number of carbonyl (C=O) groups excluding carboxylic acids is 6. The minimum atomic E-state index is -1.24. The quantitative estimate of drug-likeness (QED) is 0.0734. The van der Waals surface area contributed by atoms with Gasteiger partial charge in [-0.3, -0.25) is 29.3 Å². The summed E-state index contributed by atoms with van der Waals surface area (Å²) in [6.45, 7) is 7.59. The van der Waals surface area contributed by atoms with E-state index in [0.29, 0.717) is 51.0 Å². The number of unbranched alkanes of at least 4 members (excludes halogenated alkanes) is 1. The first-order chi connectivity index (χ1) is 26.8. The molecule has 3 N–H and O–H groups in total. The molecule has 13 heteroatoms. The van der Waals surface area contributed by atoms with Gasteiger partial charge in [0.25, 0.3) is 5.91 Å². The molecule has 1 fully saturated rings. The largest absolute Gasteiger partial charge is 0.461 e. The molecule has 3 heterocycles. The van der Waals surface area contributed by atoms with Crippen molar-refractivity contribution in [3.8, 4) is 11.8 Å². The van der Waals surface area contributed by atoms with Gasteiger partial charge in [0.1, 0.15) is 17.8 Å². The fourth-order valence-electron chi connectivity index (χ4n) is 7.14. The second-order valence-corrected chi connectivity index (χ2v) is 15.3. The fraction of sp³-hybridized carbons (Fsp3) is 0.349. The summed E-state index contributed by atoms with van der Waals surface area (Å²) in [4.78, 5) is 86.0. The molecule has 0 spiro atoms. The number of nitrogens with one attached hydrogen (secondary N) is 3. The number of imide groups is 1. The number of hydrogen-bond acceptors (Lipinski definition) is 7. The highest BCUT2D eigenvalue weighted by Crippen LogP contribution is 2.36. The molecule has 12 nitrogen and oxygen atoms in total. The number of rotatable bonds is 11. The summed E-state index contributed by atoms with van der Waals surface area (Å²) in [5.74, 6) is 3.73. The molecule has 0 bridgehead atoms. The van der Waals surface area contributed by atoms with Gasteiger partial charge in [0.05, 0.1) is 6.61 Å². The van der Waals surface area contributed by atoms with Crippen LogP contribution >= 0.6 is 11.6 Å². The van der Waals surface area contributed by atoms with E-state index in [1.807, 2.05) is 57.2 Å². The van der Waals surface area contributed by atoms with E-state index in [1.165, 1.54) is 9.80 Å². The first-order valence-electron chi connectivity index (χ1n) is 18.6. The number of piperidine rings is 1. The van der Waals surface area contributed by atoms with E-state index >= 15 is 0 Å². The lowest BCUT2D eigenvalue weighted by molar-refractivity contribution is -0.142. The van der Waals surface area contributed by atoms with Crippen LogP contribution in [-0.2, 0) is 37.0 Å². The van der Waals surface area contributed by atoms with Crippen LogP contribution in [0.1, 0.15) is 109 Å². The highest BCUT2D eigenvalue weighted by Gasteiger charge is 2.40. The van der Waals surface area contributed by atoms with Gasteiger partial charge in [0.15, 0.2) is 0 Å². The predicted octanol–water partition coefficient (Wildman–Crippen LogP) is 5.97. The number of fused-ring (bicyclic) bond motifs is 2. The lowest BCUT2D eigenvalue weighted by Gasteiger charge is -2.34. The van der Waals surface area contributed by atoms with Gasteiger partial charge < -0.3 is 24.8 Å². The van der Waals surface area contributed by atoms with E-state index in [2.05, 4.69) is 27.5 Å². The van der Waals surface area contributed by atoms with Gasteiger partial charge in [0.2, 0.25) is 23.6 Å². The number of ether oxygens (including phenoxy) is 1. The molecule has 4 aromatic rings. The third kappa shape index (κ3) is 8.79. The summed E-state index contributed by atoms with van der Waals surface area (Å²) < 4.78 is 5.42. The number of amides is 5. The number of halogens is 1. The van der Waals surface area contributed by atoms with Gasteiger partial charge in [-0.05, 0) is 75.9 Å². The molecule has 5 amide bonds. The number of nitrogens with zero attached hydrogens (tertiary/aromatic N) is 2. The molecule has 2 atom stereocenters. The maximum atomic E-state index is 14.5. The standard InChI is InChI=1S/C43H44ClN5O7/c1-5-56-42(55)37-36(30-20-19-28(44)23-32(30)45-37)38(40(53)47-43(2,3)4)49(24-26-13-8-6-9-14-26)35(51)18-11-7-10-15-27-16-12-17-29-31(27)25-48(41(29)54)33-21-22-34(50)46-39(33)52/h6,8-9,12-14,16-17,19-20,23,33,38,45H,5,7,11,18,21-22,24-25H2,1-4H3,(H,47,53)(H,46,50,52). The molecular weight excluding hydrogens is 734 g/mol. The van der Waals surface area contributed by atoms with E-state index in [9.17, 15) is 28.8 Å². The SMILES string of the molecule is CCOC(=O)c1[nH]c2cc(Cl)ccc2c1C(C(=O)NC(C)(C)C)N(Cc1ccccc1)C(=O)CCCC#Cc1cccc2c1CN(C1CCC(=O)NC1=O)C2=O. The summed E-state index contributed by atoms with van der Waals surface area (Å²) in [5.41, 5.74) is 2.81. The van der Waals surface area contributed by atoms with Crippen LogP contribution in [0.5, 0.6) is 0 Å². The molecule has 0 radical (unpaired) electrons. The van der Waals surface area contributed by atoms with Crippen LogP contribution in [0.4, 0.5) is 0 Å². The van der Waals surface area contributed by atoms with Crippen LogP contribution in [0.3, 0.4) is 0 Å². The molecule has 2 unspecified atom stereocenters. The normalized spacial score (nSPS) is 15.8. The number of carbonyl (C=O) groups is 6. The summed E-state index contributed by atoms with van der Waals surface area (Å²) in [6, 6.07) is 17.7. The lowest BCUT2D eigenvalue weighted by Crippen LogP contribution is -2.52. The minimum absolute atomic E-state index is 0.0401. The van der Waals surface area contributed by atoms with Gasteiger partial charge in [-0.25, -0.2) is 4.79 Å².